The van der Waals surface area contributed by atoms with Gasteiger partial charge in [0, 0.05) is 6.54 Å². The molecule has 112 valence electrons. The molecule has 0 aliphatic carbocycles. The molecule has 0 saturated heterocycles. The van der Waals surface area contributed by atoms with Crippen LogP contribution in [0.4, 0.5) is 24.5 Å². The molecule has 7 heteroatoms. The highest BCUT2D eigenvalue weighted by atomic mass is 19.4. The van der Waals surface area contributed by atoms with Gasteiger partial charge in [0.05, 0.1) is 24.4 Å². The van der Waals surface area contributed by atoms with Gasteiger partial charge >= 0.3 is 6.18 Å². The fraction of sp³-hybridized carbons (Fsp3) is 0.462. The average Bonchev–Trinajstić information content (AvgIpc) is 2.37. The molecule has 0 aromatic heterocycles. The van der Waals surface area contributed by atoms with Crippen LogP contribution in [0, 0.1) is 0 Å². The summed E-state index contributed by atoms with van der Waals surface area (Å²) < 4.78 is 40.1. The molecule has 0 radical (unpaired) electrons. The van der Waals surface area contributed by atoms with Crippen molar-refractivity contribution in [3.05, 3.63) is 24.3 Å². The third kappa shape index (κ3) is 5.08. The Morgan fingerprint density at radius 2 is 2.00 bits per heavy atom. The van der Waals surface area contributed by atoms with Gasteiger partial charge < -0.3 is 15.4 Å². The summed E-state index contributed by atoms with van der Waals surface area (Å²) in [5.41, 5.74) is 6.77. The normalized spacial score (nSPS) is 11.4. The Kier molecular flexibility index (Phi) is 5.82. The Labute approximate surface area is 115 Å². The average molecular weight is 290 g/mol. The first-order valence-corrected chi connectivity index (χ1v) is 6.14. The van der Waals surface area contributed by atoms with Gasteiger partial charge in [0.2, 0.25) is 5.91 Å². The van der Waals surface area contributed by atoms with Gasteiger partial charge in [0.1, 0.15) is 6.61 Å². The fourth-order valence-electron chi connectivity index (χ4n) is 1.70. The quantitative estimate of drug-likeness (QED) is 0.647. The zero-order chi connectivity index (χ0) is 15.2. The Morgan fingerprint density at radius 1 is 1.35 bits per heavy atom. The molecule has 1 aromatic rings. The fourth-order valence-corrected chi connectivity index (χ4v) is 1.70. The molecule has 0 bridgehead atoms. The summed E-state index contributed by atoms with van der Waals surface area (Å²) in [6, 6.07) is 6.82. The zero-order valence-electron chi connectivity index (χ0n) is 11.1. The molecule has 2 N–H and O–H groups in total. The second-order valence-electron chi connectivity index (χ2n) is 4.11. The van der Waals surface area contributed by atoms with E-state index in [4.69, 9.17) is 5.73 Å². The van der Waals surface area contributed by atoms with E-state index in [2.05, 4.69) is 4.74 Å². The lowest BCUT2D eigenvalue weighted by Crippen LogP contribution is -2.32. The van der Waals surface area contributed by atoms with Crippen LogP contribution < -0.4 is 10.6 Å². The molecule has 0 aliphatic heterocycles. The predicted octanol–water partition coefficient (Wildman–Crippen LogP) is 2.59. The van der Waals surface area contributed by atoms with Gasteiger partial charge in [-0.15, -0.1) is 0 Å². The van der Waals surface area contributed by atoms with Crippen LogP contribution in [0.5, 0.6) is 0 Å². The van der Waals surface area contributed by atoms with Crippen molar-refractivity contribution in [2.45, 2.75) is 19.5 Å². The summed E-state index contributed by atoms with van der Waals surface area (Å²) in [5.74, 6) is -0.326. The topological polar surface area (TPSA) is 55.6 Å². The number of anilines is 2. The van der Waals surface area contributed by atoms with Crippen molar-refractivity contribution >= 4 is 17.3 Å². The van der Waals surface area contributed by atoms with Crippen molar-refractivity contribution in [2.24, 2.45) is 0 Å². The van der Waals surface area contributed by atoms with Gasteiger partial charge in [-0.3, -0.25) is 4.79 Å². The summed E-state index contributed by atoms with van der Waals surface area (Å²) in [5, 5.41) is 0. The number of alkyl halides is 3. The molecule has 0 saturated carbocycles. The Bertz CT molecular complexity index is 449. The Balaban J connectivity index is 2.54. The number of hydrogen-bond donors (Lipinski definition) is 1. The number of nitrogens with zero attached hydrogens (tertiary/aromatic N) is 1. The van der Waals surface area contributed by atoms with E-state index in [-0.39, 0.29) is 18.9 Å². The van der Waals surface area contributed by atoms with Crippen LogP contribution in [0.1, 0.15) is 13.3 Å². The lowest BCUT2D eigenvalue weighted by atomic mass is 10.2. The van der Waals surface area contributed by atoms with Crippen LogP contribution in [-0.4, -0.2) is 31.8 Å². The molecule has 0 aliphatic rings. The summed E-state index contributed by atoms with van der Waals surface area (Å²) in [4.78, 5) is 13.4. The van der Waals surface area contributed by atoms with Gasteiger partial charge in [0.15, 0.2) is 0 Å². The first kappa shape index (κ1) is 16.3. The number of nitrogen functional groups attached to an aromatic ring is 1. The number of amides is 1. The van der Waals surface area contributed by atoms with E-state index in [1.807, 2.05) is 0 Å². The maximum Gasteiger partial charge on any atom is 0.411 e. The van der Waals surface area contributed by atoms with E-state index in [9.17, 15) is 18.0 Å². The minimum Gasteiger partial charge on any atom is -0.397 e. The number of ether oxygens (including phenoxy) is 1. The van der Waals surface area contributed by atoms with Crippen molar-refractivity contribution in [3.63, 3.8) is 0 Å². The minimum atomic E-state index is -4.38. The molecule has 4 nitrogen and oxygen atoms in total. The van der Waals surface area contributed by atoms with Crippen LogP contribution in [-0.2, 0) is 9.53 Å². The standard InChI is InChI=1S/C13H17F3N2O2/c1-2-18(11-6-4-3-5-10(11)17)12(19)7-8-20-9-13(14,15)16/h3-6H,2,7-9,17H2,1H3. The van der Waals surface area contributed by atoms with Gasteiger partial charge in [-0.2, -0.15) is 13.2 Å². The van der Waals surface area contributed by atoms with Crippen LogP contribution in [0.2, 0.25) is 0 Å². The lowest BCUT2D eigenvalue weighted by molar-refractivity contribution is -0.174. The first-order valence-electron chi connectivity index (χ1n) is 6.14. The summed E-state index contributed by atoms with van der Waals surface area (Å²) in [6.45, 7) is 0.523. The van der Waals surface area contributed by atoms with Crippen molar-refractivity contribution in [1.82, 2.24) is 0 Å². The van der Waals surface area contributed by atoms with Crippen LogP contribution in [0.25, 0.3) is 0 Å². The van der Waals surface area contributed by atoms with E-state index in [0.29, 0.717) is 17.9 Å². The number of nitrogens with two attached hydrogens (primary N) is 1. The number of hydrogen-bond acceptors (Lipinski definition) is 3. The number of rotatable bonds is 6. The summed E-state index contributed by atoms with van der Waals surface area (Å²) in [6.07, 6.45) is -4.50. The maximum absolute atomic E-state index is 12.0. The summed E-state index contributed by atoms with van der Waals surface area (Å²) >= 11 is 0. The highest BCUT2D eigenvalue weighted by Gasteiger charge is 2.27. The molecule has 0 spiro atoms. The molecule has 0 atom stereocenters. The lowest BCUT2D eigenvalue weighted by Gasteiger charge is -2.22. The molecule has 0 heterocycles. The van der Waals surface area contributed by atoms with Crippen molar-refractivity contribution in [1.29, 1.82) is 0 Å². The van der Waals surface area contributed by atoms with Crippen LogP contribution in [0.15, 0.2) is 24.3 Å². The number of carbonyl (C=O) groups is 1. The minimum absolute atomic E-state index is 0.127. The highest BCUT2D eigenvalue weighted by molar-refractivity contribution is 5.96. The second kappa shape index (κ2) is 7.14. The molecule has 0 fully saturated rings. The van der Waals surface area contributed by atoms with Gasteiger partial charge in [0.25, 0.3) is 0 Å². The summed E-state index contributed by atoms with van der Waals surface area (Å²) in [7, 11) is 0. The SMILES string of the molecule is CCN(C(=O)CCOCC(F)(F)F)c1ccccc1N. The van der Waals surface area contributed by atoms with Crippen molar-refractivity contribution in [3.8, 4) is 0 Å². The molecular weight excluding hydrogens is 273 g/mol. The number of benzene rings is 1. The molecule has 0 unspecified atom stereocenters. The molecule has 1 aromatic carbocycles. The Hall–Kier alpha value is -1.76. The van der Waals surface area contributed by atoms with Gasteiger partial charge in [-0.25, -0.2) is 0 Å². The first-order chi connectivity index (χ1) is 9.35. The zero-order valence-corrected chi connectivity index (χ0v) is 11.1. The number of carbonyl (C=O) groups excluding carboxylic acids is 1. The van der Waals surface area contributed by atoms with Gasteiger partial charge in [-0.1, -0.05) is 12.1 Å². The maximum atomic E-state index is 12.0. The van der Waals surface area contributed by atoms with Crippen molar-refractivity contribution in [2.75, 3.05) is 30.4 Å². The van der Waals surface area contributed by atoms with E-state index < -0.39 is 12.8 Å². The molecule has 20 heavy (non-hydrogen) atoms. The third-order valence-electron chi connectivity index (χ3n) is 2.57. The van der Waals surface area contributed by atoms with E-state index in [1.165, 1.54) is 4.90 Å². The van der Waals surface area contributed by atoms with Crippen LogP contribution >= 0.6 is 0 Å². The van der Waals surface area contributed by atoms with E-state index >= 15 is 0 Å². The smallest absolute Gasteiger partial charge is 0.397 e. The van der Waals surface area contributed by atoms with E-state index in [0.717, 1.165) is 0 Å². The van der Waals surface area contributed by atoms with Crippen LogP contribution in [0.3, 0.4) is 0 Å². The molecular formula is C13H17F3N2O2. The number of halogens is 3. The Morgan fingerprint density at radius 3 is 2.55 bits per heavy atom. The number of para-hydroxylation sites is 2. The monoisotopic (exact) mass is 290 g/mol. The third-order valence-corrected chi connectivity index (χ3v) is 2.57. The molecule has 1 amide bonds. The predicted molar refractivity (Wildman–Crippen MR) is 70.4 cm³/mol. The van der Waals surface area contributed by atoms with Gasteiger partial charge in [-0.05, 0) is 19.1 Å². The van der Waals surface area contributed by atoms with E-state index in [1.54, 1.807) is 31.2 Å². The molecule has 1 rings (SSSR count). The second-order valence-corrected chi connectivity index (χ2v) is 4.11. The largest absolute Gasteiger partial charge is 0.411 e. The highest BCUT2D eigenvalue weighted by Crippen LogP contribution is 2.23. The van der Waals surface area contributed by atoms with Crippen molar-refractivity contribution < 1.29 is 22.7 Å².